The first-order valence-electron chi connectivity index (χ1n) is 5.04. The van der Waals surface area contributed by atoms with Crippen LogP contribution in [0.4, 0.5) is 4.39 Å². The van der Waals surface area contributed by atoms with Crippen LogP contribution in [0.5, 0.6) is 5.75 Å². The van der Waals surface area contributed by atoms with Crippen LogP contribution in [-0.2, 0) is 14.8 Å². The van der Waals surface area contributed by atoms with Crippen molar-refractivity contribution in [3.05, 3.63) is 29.0 Å². The van der Waals surface area contributed by atoms with Gasteiger partial charge < -0.3 is 9.47 Å². The van der Waals surface area contributed by atoms with E-state index in [2.05, 4.69) is 0 Å². The predicted molar refractivity (Wildman–Crippen MR) is 65.7 cm³/mol. The van der Waals surface area contributed by atoms with Gasteiger partial charge in [0.15, 0.2) is 0 Å². The summed E-state index contributed by atoms with van der Waals surface area (Å²) in [7, 11) is -3.50. The van der Waals surface area contributed by atoms with Crippen molar-refractivity contribution < 1.29 is 22.3 Å². The molecule has 0 bridgehead atoms. The molecule has 0 aromatic heterocycles. The molecule has 0 saturated carbocycles. The molecule has 0 aliphatic heterocycles. The third-order valence-electron chi connectivity index (χ3n) is 1.90. The number of halogens is 2. The summed E-state index contributed by atoms with van der Waals surface area (Å²) in [5, 5.41) is 4.80. The molecular formula is C10H13ClFNO4S. The first-order chi connectivity index (χ1) is 8.38. The summed E-state index contributed by atoms with van der Waals surface area (Å²) in [6.07, 6.45) is 0. The molecule has 5 nitrogen and oxygen atoms in total. The highest BCUT2D eigenvalue weighted by atomic mass is 35.5. The van der Waals surface area contributed by atoms with E-state index in [1.165, 1.54) is 12.1 Å². The normalized spacial score (nSPS) is 11.5. The molecule has 1 aromatic rings. The van der Waals surface area contributed by atoms with E-state index in [9.17, 15) is 12.8 Å². The molecule has 0 saturated heterocycles. The Morgan fingerprint density at radius 3 is 2.61 bits per heavy atom. The Morgan fingerprint density at radius 2 is 2.00 bits per heavy atom. The molecule has 102 valence electrons. The highest BCUT2D eigenvalue weighted by molar-refractivity contribution is 7.89. The van der Waals surface area contributed by atoms with Crippen LogP contribution in [-0.4, -0.2) is 34.0 Å². The SMILES string of the molecule is NS(=O)(=O)CCOCCOc1ccc(Cl)c(F)c1. The monoisotopic (exact) mass is 297 g/mol. The van der Waals surface area contributed by atoms with Crippen molar-refractivity contribution in [1.29, 1.82) is 0 Å². The number of ether oxygens (including phenoxy) is 2. The maximum Gasteiger partial charge on any atom is 0.211 e. The zero-order valence-electron chi connectivity index (χ0n) is 9.43. The summed E-state index contributed by atoms with van der Waals surface area (Å²) in [4.78, 5) is 0. The van der Waals surface area contributed by atoms with E-state index < -0.39 is 15.8 Å². The number of rotatable bonds is 7. The zero-order valence-corrected chi connectivity index (χ0v) is 11.0. The van der Waals surface area contributed by atoms with Crippen molar-refractivity contribution in [2.75, 3.05) is 25.6 Å². The van der Waals surface area contributed by atoms with Gasteiger partial charge in [-0.05, 0) is 12.1 Å². The van der Waals surface area contributed by atoms with Crippen LogP contribution >= 0.6 is 11.6 Å². The Kier molecular flexibility index (Phi) is 5.80. The van der Waals surface area contributed by atoms with Crippen LogP contribution in [0, 0.1) is 5.82 Å². The highest BCUT2D eigenvalue weighted by Gasteiger charge is 2.03. The van der Waals surface area contributed by atoms with Crippen molar-refractivity contribution in [3.8, 4) is 5.75 Å². The van der Waals surface area contributed by atoms with Gasteiger partial charge in [0.2, 0.25) is 10.0 Å². The predicted octanol–water partition coefficient (Wildman–Crippen LogP) is 1.16. The molecular weight excluding hydrogens is 285 g/mol. The minimum Gasteiger partial charge on any atom is -0.491 e. The Morgan fingerprint density at radius 1 is 1.28 bits per heavy atom. The van der Waals surface area contributed by atoms with Gasteiger partial charge in [0.1, 0.15) is 18.2 Å². The van der Waals surface area contributed by atoms with Gasteiger partial charge >= 0.3 is 0 Å². The molecule has 1 rings (SSSR count). The Labute approximate surface area is 110 Å². The lowest BCUT2D eigenvalue weighted by Gasteiger charge is -2.07. The van der Waals surface area contributed by atoms with Gasteiger partial charge in [0.05, 0.1) is 24.0 Å². The van der Waals surface area contributed by atoms with Crippen LogP contribution in [0.1, 0.15) is 0 Å². The maximum atomic E-state index is 13.0. The maximum absolute atomic E-state index is 13.0. The fourth-order valence-electron chi connectivity index (χ4n) is 1.06. The third-order valence-corrected chi connectivity index (χ3v) is 2.94. The smallest absolute Gasteiger partial charge is 0.211 e. The van der Waals surface area contributed by atoms with Crippen molar-refractivity contribution in [2.45, 2.75) is 0 Å². The highest BCUT2D eigenvalue weighted by Crippen LogP contribution is 2.20. The van der Waals surface area contributed by atoms with Gasteiger partial charge in [-0.1, -0.05) is 11.6 Å². The van der Waals surface area contributed by atoms with Crippen molar-refractivity contribution in [2.24, 2.45) is 5.14 Å². The third kappa shape index (κ3) is 6.15. The van der Waals surface area contributed by atoms with Crippen LogP contribution in [0.2, 0.25) is 5.02 Å². The number of hydrogen-bond acceptors (Lipinski definition) is 4. The molecule has 1 aromatic carbocycles. The van der Waals surface area contributed by atoms with Gasteiger partial charge in [-0.25, -0.2) is 17.9 Å². The minimum atomic E-state index is -3.50. The topological polar surface area (TPSA) is 78.6 Å². The van der Waals surface area contributed by atoms with Gasteiger partial charge in [0.25, 0.3) is 0 Å². The summed E-state index contributed by atoms with van der Waals surface area (Å²) in [5.74, 6) is -0.487. The summed E-state index contributed by atoms with van der Waals surface area (Å²) in [6.45, 7) is 0.350. The number of primary sulfonamides is 1. The quantitative estimate of drug-likeness (QED) is 0.766. The first-order valence-corrected chi connectivity index (χ1v) is 7.14. The molecule has 0 amide bonds. The van der Waals surface area contributed by atoms with Crippen LogP contribution in [0.15, 0.2) is 18.2 Å². The lowest BCUT2D eigenvalue weighted by molar-refractivity contribution is 0.111. The van der Waals surface area contributed by atoms with E-state index in [0.29, 0.717) is 5.75 Å². The van der Waals surface area contributed by atoms with Crippen LogP contribution in [0.3, 0.4) is 0 Å². The van der Waals surface area contributed by atoms with E-state index in [1.807, 2.05) is 0 Å². The lowest BCUT2D eigenvalue weighted by atomic mass is 10.3. The van der Waals surface area contributed by atoms with Gasteiger partial charge in [-0.15, -0.1) is 0 Å². The van der Waals surface area contributed by atoms with E-state index >= 15 is 0 Å². The lowest BCUT2D eigenvalue weighted by Crippen LogP contribution is -2.21. The molecule has 0 spiro atoms. The van der Waals surface area contributed by atoms with Crippen LogP contribution in [0.25, 0.3) is 0 Å². The Balaban J connectivity index is 2.20. The van der Waals surface area contributed by atoms with Crippen molar-refractivity contribution in [3.63, 3.8) is 0 Å². The van der Waals surface area contributed by atoms with Gasteiger partial charge in [-0.2, -0.15) is 0 Å². The second kappa shape index (κ2) is 6.89. The molecule has 0 aliphatic carbocycles. The molecule has 0 aliphatic rings. The van der Waals surface area contributed by atoms with E-state index in [0.717, 1.165) is 6.07 Å². The Hall–Kier alpha value is -0.890. The summed E-state index contributed by atoms with van der Waals surface area (Å²) >= 11 is 5.50. The van der Waals surface area contributed by atoms with Crippen molar-refractivity contribution >= 4 is 21.6 Å². The average Bonchev–Trinajstić information content (AvgIpc) is 2.26. The second-order valence-corrected chi connectivity index (χ2v) is 5.54. The fourth-order valence-corrected chi connectivity index (χ4v) is 1.53. The van der Waals surface area contributed by atoms with Gasteiger partial charge in [0, 0.05) is 6.07 Å². The molecule has 0 unspecified atom stereocenters. The number of benzene rings is 1. The van der Waals surface area contributed by atoms with E-state index in [-0.39, 0.29) is 30.6 Å². The number of nitrogens with two attached hydrogens (primary N) is 1. The first kappa shape index (κ1) is 15.2. The molecule has 0 radical (unpaired) electrons. The zero-order chi connectivity index (χ0) is 13.6. The number of sulfonamides is 1. The molecule has 0 heterocycles. The van der Waals surface area contributed by atoms with E-state index in [1.54, 1.807) is 0 Å². The van der Waals surface area contributed by atoms with Crippen molar-refractivity contribution in [1.82, 2.24) is 0 Å². The summed E-state index contributed by atoms with van der Waals surface area (Å²) in [6, 6.07) is 4.07. The van der Waals surface area contributed by atoms with E-state index in [4.69, 9.17) is 26.2 Å². The fraction of sp³-hybridized carbons (Fsp3) is 0.400. The molecule has 0 fully saturated rings. The van der Waals surface area contributed by atoms with Crippen LogP contribution < -0.4 is 9.88 Å². The average molecular weight is 298 g/mol. The standard InChI is InChI=1S/C10H13ClFNO4S/c11-9-2-1-8(7-10(9)12)17-4-3-16-5-6-18(13,14)15/h1-2,7H,3-6H2,(H2,13,14,15). The number of hydrogen-bond donors (Lipinski definition) is 1. The molecule has 2 N–H and O–H groups in total. The summed E-state index contributed by atoms with van der Waals surface area (Å²) < 4.78 is 44.3. The Bertz CT molecular complexity index is 495. The molecule has 8 heteroatoms. The molecule has 0 atom stereocenters. The molecule has 18 heavy (non-hydrogen) atoms. The summed E-state index contributed by atoms with van der Waals surface area (Å²) in [5.41, 5.74) is 0. The largest absolute Gasteiger partial charge is 0.491 e. The second-order valence-electron chi connectivity index (χ2n) is 3.40. The minimum absolute atomic E-state index is 0.00281. The van der Waals surface area contributed by atoms with Gasteiger partial charge in [-0.3, -0.25) is 0 Å².